The molecule has 2 aliphatic rings. The van der Waals surface area contributed by atoms with Crippen LogP contribution in [-0.2, 0) is 4.79 Å². The molecule has 1 heterocycles. The fourth-order valence-electron chi connectivity index (χ4n) is 3.65. The van der Waals surface area contributed by atoms with Crippen LogP contribution in [0.15, 0.2) is 0 Å². The Bertz CT molecular complexity index is 305. The summed E-state index contributed by atoms with van der Waals surface area (Å²) in [5.41, 5.74) is 0.194. The summed E-state index contributed by atoms with van der Waals surface area (Å²) in [4.78, 5) is 14.4. The fourth-order valence-corrected chi connectivity index (χ4v) is 3.65. The highest BCUT2D eigenvalue weighted by Gasteiger charge is 2.34. The normalized spacial score (nSPS) is 25.9. The summed E-state index contributed by atoms with van der Waals surface area (Å²) < 4.78 is 0. The van der Waals surface area contributed by atoms with Gasteiger partial charge < -0.3 is 15.5 Å². The van der Waals surface area contributed by atoms with Crippen molar-refractivity contribution >= 4 is 5.91 Å². The molecule has 4 heteroatoms. The molecule has 4 nitrogen and oxygen atoms in total. The predicted molar refractivity (Wildman–Crippen MR) is 82.8 cm³/mol. The molecule has 116 valence electrons. The van der Waals surface area contributed by atoms with E-state index in [1.165, 1.54) is 44.9 Å². The van der Waals surface area contributed by atoms with Gasteiger partial charge in [0, 0.05) is 24.5 Å². The van der Waals surface area contributed by atoms with Gasteiger partial charge in [0.1, 0.15) is 0 Å². The molecule has 1 unspecified atom stereocenters. The van der Waals surface area contributed by atoms with Crippen LogP contribution in [0.4, 0.5) is 0 Å². The number of likely N-dealkylation sites (N-methyl/N-ethyl adjacent to an activating group) is 1. The number of carbonyl (C=O) groups excluding carboxylic acids is 1. The molecular weight excluding hydrogens is 250 g/mol. The molecule has 1 aliphatic heterocycles. The van der Waals surface area contributed by atoms with Crippen molar-refractivity contribution in [1.29, 1.82) is 0 Å². The molecule has 2 N–H and O–H groups in total. The lowest BCUT2D eigenvalue weighted by molar-refractivity contribution is -0.122. The zero-order valence-electron chi connectivity index (χ0n) is 13.2. The maximum Gasteiger partial charge on any atom is 0.220 e. The Labute approximate surface area is 123 Å². The second-order valence-electron chi connectivity index (χ2n) is 6.79. The molecule has 0 aromatic carbocycles. The van der Waals surface area contributed by atoms with Gasteiger partial charge >= 0.3 is 0 Å². The van der Waals surface area contributed by atoms with Crippen molar-refractivity contribution in [3.63, 3.8) is 0 Å². The minimum absolute atomic E-state index is 0.194. The van der Waals surface area contributed by atoms with Crippen LogP contribution < -0.4 is 10.6 Å². The maximum absolute atomic E-state index is 12.0. The molecule has 1 amide bonds. The lowest BCUT2D eigenvalue weighted by Crippen LogP contribution is -2.53. The van der Waals surface area contributed by atoms with Crippen molar-refractivity contribution in [3.05, 3.63) is 0 Å². The van der Waals surface area contributed by atoms with E-state index in [1.807, 2.05) is 0 Å². The lowest BCUT2D eigenvalue weighted by Gasteiger charge is -2.43. The van der Waals surface area contributed by atoms with Gasteiger partial charge in [-0.15, -0.1) is 0 Å². The van der Waals surface area contributed by atoms with E-state index in [4.69, 9.17) is 0 Å². The van der Waals surface area contributed by atoms with Gasteiger partial charge in [0.05, 0.1) is 0 Å². The van der Waals surface area contributed by atoms with E-state index < -0.39 is 0 Å². The van der Waals surface area contributed by atoms with Gasteiger partial charge in [0.2, 0.25) is 5.91 Å². The van der Waals surface area contributed by atoms with Crippen LogP contribution in [0.1, 0.15) is 57.8 Å². The van der Waals surface area contributed by atoms with Gasteiger partial charge in [0.25, 0.3) is 0 Å². The van der Waals surface area contributed by atoms with Crippen molar-refractivity contribution in [3.8, 4) is 0 Å². The molecule has 0 radical (unpaired) electrons. The molecule has 1 aliphatic carbocycles. The Morgan fingerprint density at radius 3 is 2.60 bits per heavy atom. The van der Waals surface area contributed by atoms with Crippen molar-refractivity contribution < 1.29 is 4.79 Å². The first-order valence-corrected chi connectivity index (χ1v) is 8.30. The molecule has 0 bridgehead atoms. The summed E-state index contributed by atoms with van der Waals surface area (Å²) in [7, 11) is 4.31. The van der Waals surface area contributed by atoms with Gasteiger partial charge in [-0.3, -0.25) is 4.79 Å². The molecule has 2 rings (SSSR count). The maximum atomic E-state index is 12.0. The minimum Gasteiger partial charge on any atom is -0.354 e. The lowest BCUT2D eigenvalue weighted by atomic mass is 9.80. The molecule has 0 spiro atoms. The molecular formula is C16H31N3O. The third-order valence-corrected chi connectivity index (χ3v) is 5.23. The first kappa shape index (κ1) is 15.8. The van der Waals surface area contributed by atoms with E-state index in [-0.39, 0.29) is 11.4 Å². The first-order chi connectivity index (χ1) is 9.62. The highest BCUT2D eigenvalue weighted by Crippen LogP contribution is 2.31. The van der Waals surface area contributed by atoms with Crippen molar-refractivity contribution in [1.82, 2.24) is 15.5 Å². The van der Waals surface area contributed by atoms with Crippen LogP contribution in [0.25, 0.3) is 0 Å². The largest absolute Gasteiger partial charge is 0.354 e. The fraction of sp³-hybridized carbons (Fsp3) is 0.938. The quantitative estimate of drug-likeness (QED) is 0.781. The minimum atomic E-state index is 0.194. The third-order valence-electron chi connectivity index (χ3n) is 5.23. The number of nitrogens with one attached hydrogen (secondary N) is 2. The van der Waals surface area contributed by atoms with Crippen LogP contribution in [0.3, 0.4) is 0 Å². The Morgan fingerprint density at radius 1 is 1.25 bits per heavy atom. The zero-order chi connectivity index (χ0) is 14.4. The summed E-state index contributed by atoms with van der Waals surface area (Å²) in [6.07, 6.45) is 10.5. The Kier molecular flexibility index (Phi) is 5.85. The molecule has 1 saturated heterocycles. The average Bonchev–Trinajstić information content (AvgIpc) is 2.97. The molecule has 2 fully saturated rings. The standard InChI is InChI=1S/C16H31N3O/c1-19(2)16(10-4-3-5-11-16)13-18-15(20)9-8-14-7-6-12-17-14/h14,17H,3-13H2,1-2H3,(H,18,20). The topological polar surface area (TPSA) is 44.4 Å². The molecule has 0 aromatic heterocycles. The van der Waals surface area contributed by atoms with Crippen LogP contribution in [0.5, 0.6) is 0 Å². The van der Waals surface area contributed by atoms with Gasteiger partial charge in [-0.2, -0.15) is 0 Å². The van der Waals surface area contributed by atoms with Crippen LogP contribution in [-0.4, -0.2) is 49.6 Å². The van der Waals surface area contributed by atoms with Crippen LogP contribution in [0.2, 0.25) is 0 Å². The molecule has 0 aromatic rings. The Balaban J connectivity index is 1.72. The summed E-state index contributed by atoms with van der Waals surface area (Å²) in [5.74, 6) is 0.227. The van der Waals surface area contributed by atoms with E-state index in [9.17, 15) is 4.79 Å². The number of carbonyl (C=O) groups is 1. The third kappa shape index (κ3) is 4.19. The number of hydrogen-bond acceptors (Lipinski definition) is 3. The van der Waals surface area contributed by atoms with Crippen molar-refractivity contribution in [2.75, 3.05) is 27.2 Å². The van der Waals surface area contributed by atoms with Crippen LogP contribution in [0, 0.1) is 0 Å². The average molecular weight is 281 g/mol. The summed E-state index contributed by atoms with van der Waals surface area (Å²) in [5, 5.41) is 6.65. The second-order valence-corrected chi connectivity index (χ2v) is 6.79. The summed E-state index contributed by atoms with van der Waals surface area (Å²) in [6, 6.07) is 0.568. The zero-order valence-corrected chi connectivity index (χ0v) is 13.2. The van der Waals surface area contributed by atoms with E-state index in [2.05, 4.69) is 29.6 Å². The number of rotatable bonds is 6. The monoisotopic (exact) mass is 281 g/mol. The predicted octanol–water partition coefficient (Wildman–Crippen LogP) is 1.90. The number of nitrogens with zero attached hydrogens (tertiary/aromatic N) is 1. The molecule has 1 saturated carbocycles. The van der Waals surface area contributed by atoms with E-state index in [0.29, 0.717) is 12.5 Å². The van der Waals surface area contributed by atoms with Gasteiger partial charge in [-0.25, -0.2) is 0 Å². The number of amides is 1. The second kappa shape index (κ2) is 7.41. The Morgan fingerprint density at radius 2 is 2.00 bits per heavy atom. The van der Waals surface area contributed by atoms with E-state index >= 15 is 0 Å². The van der Waals surface area contributed by atoms with E-state index in [0.717, 1.165) is 19.5 Å². The van der Waals surface area contributed by atoms with Gasteiger partial charge in [-0.1, -0.05) is 19.3 Å². The summed E-state index contributed by atoms with van der Waals surface area (Å²) in [6.45, 7) is 1.94. The highest BCUT2D eigenvalue weighted by atomic mass is 16.1. The molecule has 20 heavy (non-hydrogen) atoms. The van der Waals surface area contributed by atoms with Gasteiger partial charge in [0.15, 0.2) is 0 Å². The molecule has 1 atom stereocenters. The summed E-state index contributed by atoms with van der Waals surface area (Å²) >= 11 is 0. The van der Waals surface area contributed by atoms with E-state index in [1.54, 1.807) is 0 Å². The van der Waals surface area contributed by atoms with Gasteiger partial charge in [-0.05, 0) is 52.7 Å². The highest BCUT2D eigenvalue weighted by molar-refractivity contribution is 5.76. The van der Waals surface area contributed by atoms with Crippen LogP contribution >= 0.6 is 0 Å². The number of hydrogen-bond donors (Lipinski definition) is 2. The van der Waals surface area contributed by atoms with Crippen molar-refractivity contribution in [2.24, 2.45) is 0 Å². The first-order valence-electron chi connectivity index (χ1n) is 8.30. The van der Waals surface area contributed by atoms with Crippen molar-refractivity contribution in [2.45, 2.75) is 69.4 Å². The smallest absolute Gasteiger partial charge is 0.220 e. The Hall–Kier alpha value is -0.610. The SMILES string of the molecule is CN(C)C1(CNC(=O)CCC2CCCN2)CCCCC1.